The van der Waals surface area contributed by atoms with E-state index in [2.05, 4.69) is 6.92 Å². The van der Waals surface area contributed by atoms with E-state index >= 15 is 0 Å². The number of imide groups is 1. The lowest BCUT2D eigenvalue weighted by Gasteiger charge is -2.32. The second-order valence-electron chi connectivity index (χ2n) is 8.00. The molecule has 0 aliphatic carbocycles. The molecule has 2 aliphatic heterocycles. The Bertz CT molecular complexity index is 1110. The fourth-order valence-corrected chi connectivity index (χ4v) is 4.17. The van der Waals surface area contributed by atoms with E-state index in [1.807, 2.05) is 4.90 Å². The maximum absolute atomic E-state index is 14.6. The Morgan fingerprint density at radius 3 is 2.25 bits per heavy atom. The van der Waals surface area contributed by atoms with Crippen LogP contribution in [-0.2, 0) is 9.59 Å². The minimum atomic E-state index is -0.853. The number of nitrogens with zero attached hydrogens (tertiary/aromatic N) is 2. The van der Waals surface area contributed by atoms with Crippen LogP contribution in [0.3, 0.4) is 0 Å². The molecule has 2 aromatic rings. The van der Waals surface area contributed by atoms with E-state index in [0.717, 1.165) is 35.9 Å². The Labute approximate surface area is 185 Å². The first kappa shape index (κ1) is 21.8. The van der Waals surface area contributed by atoms with Crippen molar-refractivity contribution < 1.29 is 27.8 Å². The number of amides is 2. The highest BCUT2D eigenvalue weighted by molar-refractivity contribution is 6.45. The van der Waals surface area contributed by atoms with Crippen LogP contribution < -0.4 is 14.4 Å². The third-order valence-corrected chi connectivity index (χ3v) is 5.98. The van der Waals surface area contributed by atoms with Gasteiger partial charge in [0.2, 0.25) is 0 Å². The molecular formula is C24H24F2N2O4. The number of anilines is 1. The predicted molar refractivity (Wildman–Crippen MR) is 115 cm³/mol. The molecule has 0 spiro atoms. The van der Waals surface area contributed by atoms with E-state index in [4.69, 9.17) is 9.47 Å². The fraction of sp³-hybridized carbons (Fsp3) is 0.333. The number of methoxy groups -OCH3 is 2. The summed E-state index contributed by atoms with van der Waals surface area (Å²) in [5.74, 6) is -1.61. The van der Waals surface area contributed by atoms with Crippen LogP contribution >= 0.6 is 0 Å². The van der Waals surface area contributed by atoms with Crippen LogP contribution in [0.5, 0.6) is 11.5 Å². The van der Waals surface area contributed by atoms with Crippen LogP contribution in [0.2, 0.25) is 0 Å². The van der Waals surface area contributed by atoms with Crippen LogP contribution in [0, 0.1) is 17.6 Å². The van der Waals surface area contributed by atoms with E-state index in [1.54, 1.807) is 18.2 Å². The van der Waals surface area contributed by atoms with Crippen LogP contribution in [0.25, 0.3) is 5.57 Å². The van der Waals surface area contributed by atoms with Crippen molar-refractivity contribution in [2.24, 2.45) is 5.92 Å². The normalized spacial score (nSPS) is 17.4. The molecule has 6 nitrogen and oxygen atoms in total. The van der Waals surface area contributed by atoms with Gasteiger partial charge >= 0.3 is 0 Å². The molecule has 1 saturated heterocycles. The number of rotatable bonds is 5. The summed E-state index contributed by atoms with van der Waals surface area (Å²) in [5, 5.41) is 0. The van der Waals surface area contributed by atoms with E-state index in [1.165, 1.54) is 14.2 Å². The SMILES string of the molecule is COc1ccc(C2=C(N3CCC(C)CC3)C(=O)N(c3cc(F)ccc3F)C2=O)cc1OC. The van der Waals surface area contributed by atoms with Gasteiger partial charge in [-0.15, -0.1) is 0 Å². The summed E-state index contributed by atoms with van der Waals surface area (Å²) in [7, 11) is 2.97. The Morgan fingerprint density at radius 1 is 0.906 bits per heavy atom. The number of carbonyl (C=O) groups is 2. The third-order valence-electron chi connectivity index (χ3n) is 5.98. The van der Waals surface area contributed by atoms with Gasteiger partial charge in [-0.1, -0.05) is 13.0 Å². The molecule has 2 aromatic carbocycles. The Kier molecular flexibility index (Phi) is 5.86. The number of carbonyl (C=O) groups excluding carboxylic acids is 2. The van der Waals surface area contributed by atoms with E-state index in [9.17, 15) is 18.4 Å². The minimum Gasteiger partial charge on any atom is -0.493 e. The number of halogens is 2. The van der Waals surface area contributed by atoms with Gasteiger partial charge in [-0.05, 0) is 48.6 Å². The Hall–Kier alpha value is -3.42. The molecule has 2 heterocycles. The van der Waals surface area contributed by atoms with Crippen molar-refractivity contribution in [2.45, 2.75) is 19.8 Å². The lowest BCUT2D eigenvalue weighted by atomic mass is 9.97. The number of piperidine rings is 1. The van der Waals surface area contributed by atoms with Crippen molar-refractivity contribution in [2.75, 3.05) is 32.2 Å². The Balaban J connectivity index is 1.86. The second kappa shape index (κ2) is 8.61. The van der Waals surface area contributed by atoms with Crippen LogP contribution in [0.4, 0.5) is 14.5 Å². The van der Waals surface area contributed by atoms with Crippen LogP contribution in [0.1, 0.15) is 25.3 Å². The largest absolute Gasteiger partial charge is 0.493 e. The van der Waals surface area contributed by atoms with Gasteiger partial charge in [-0.2, -0.15) is 0 Å². The van der Waals surface area contributed by atoms with Gasteiger partial charge in [0.1, 0.15) is 17.3 Å². The zero-order chi connectivity index (χ0) is 23.0. The quantitative estimate of drug-likeness (QED) is 0.656. The van der Waals surface area contributed by atoms with Gasteiger partial charge < -0.3 is 14.4 Å². The number of benzene rings is 2. The monoisotopic (exact) mass is 442 g/mol. The molecule has 2 aliphatic rings. The molecule has 0 radical (unpaired) electrons. The molecule has 0 aromatic heterocycles. The average Bonchev–Trinajstić information content (AvgIpc) is 3.05. The van der Waals surface area contributed by atoms with E-state index in [-0.39, 0.29) is 11.3 Å². The highest BCUT2D eigenvalue weighted by Gasteiger charge is 2.44. The molecule has 168 valence electrons. The van der Waals surface area contributed by atoms with Gasteiger partial charge in [0.05, 0.1) is 25.5 Å². The topological polar surface area (TPSA) is 59.1 Å². The van der Waals surface area contributed by atoms with Gasteiger partial charge in [-0.3, -0.25) is 9.59 Å². The molecule has 1 fully saturated rings. The fourth-order valence-electron chi connectivity index (χ4n) is 4.17. The van der Waals surface area contributed by atoms with Crippen molar-refractivity contribution in [3.05, 3.63) is 59.3 Å². The van der Waals surface area contributed by atoms with Crippen molar-refractivity contribution in [1.29, 1.82) is 0 Å². The van der Waals surface area contributed by atoms with E-state index < -0.39 is 29.1 Å². The molecular weight excluding hydrogens is 418 g/mol. The van der Waals surface area contributed by atoms with E-state index in [0.29, 0.717) is 36.1 Å². The van der Waals surface area contributed by atoms with Crippen molar-refractivity contribution in [1.82, 2.24) is 4.90 Å². The number of ether oxygens (including phenoxy) is 2. The molecule has 32 heavy (non-hydrogen) atoms. The first-order valence-corrected chi connectivity index (χ1v) is 10.4. The van der Waals surface area contributed by atoms with Gasteiger partial charge in [0.25, 0.3) is 11.8 Å². The summed E-state index contributed by atoms with van der Waals surface area (Å²) in [4.78, 5) is 29.6. The molecule has 0 unspecified atom stereocenters. The summed E-state index contributed by atoms with van der Waals surface area (Å²) in [6.07, 6.45) is 1.72. The van der Waals surface area contributed by atoms with Gasteiger partial charge in [0.15, 0.2) is 11.5 Å². The summed E-state index contributed by atoms with van der Waals surface area (Å²) < 4.78 is 39.1. The van der Waals surface area contributed by atoms with Crippen molar-refractivity contribution in [3.8, 4) is 11.5 Å². The number of likely N-dealkylation sites (tertiary alicyclic amines) is 1. The summed E-state index contributed by atoms with van der Waals surface area (Å²) in [5.41, 5.74) is 0.360. The highest BCUT2D eigenvalue weighted by Crippen LogP contribution is 2.39. The Morgan fingerprint density at radius 2 is 1.59 bits per heavy atom. The number of hydrogen-bond donors (Lipinski definition) is 0. The number of hydrogen-bond acceptors (Lipinski definition) is 5. The van der Waals surface area contributed by atoms with Crippen molar-refractivity contribution >= 4 is 23.1 Å². The first-order chi connectivity index (χ1) is 15.3. The summed E-state index contributed by atoms with van der Waals surface area (Å²) in [6, 6.07) is 7.61. The van der Waals surface area contributed by atoms with Crippen LogP contribution in [-0.4, -0.2) is 44.0 Å². The van der Waals surface area contributed by atoms with Crippen molar-refractivity contribution in [3.63, 3.8) is 0 Å². The lowest BCUT2D eigenvalue weighted by molar-refractivity contribution is -0.120. The zero-order valence-corrected chi connectivity index (χ0v) is 18.2. The maximum atomic E-state index is 14.6. The molecule has 0 N–H and O–H groups in total. The molecule has 0 atom stereocenters. The standard InChI is InChI=1S/C24H24F2N2O4/c1-14-8-10-27(11-9-14)22-21(15-4-7-19(31-2)20(12-15)32-3)23(29)28(24(22)30)18-13-16(25)5-6-17(18)26/h4-7,12-14H,8-11H2,1-3H3. The molecule has 0 saturated carbocycles. The summed E-state index contributed by atoms with van der Waals surface area (Å²) >= 11 is 0. The minimum absolute atomic E-state index is 0.133. The molecule has 2 amide bonds. The highest BCUT2D eigenvalue weighted by atomic mass is 19.1. The smallest absolute Gasteiger partial charge is 0.282 e. The maximum Gasteiger partial charge on any atom is 0.282 e. The van der Waals surface area contributed by atoms with Crippen LogP contribution in [0.15, 0.2) is 42.1 Å². The second-order valence-corrected chi connectivity index (χ2v) is 8.00. The lowest BCUT2D eigenvalue weighted by Crippen LogP contribution is -2.38. The third kappa shape index (κ3) is 3.70. The molecule has 8 heteroatoms. The summed E-state index contributed by atoms with van der Waals surface area (Å²) in [6.45, 7) is 3.31. The molecule has 4 rings (SSSR count). The predicted octanol–water partition coefficient (Wildman–Crippen LogP) is 4.00. The van der Waals surface area contributed by atoms with Gasteiger partial charge in [0, 0.05) is 19.2 Å². The molecule has 0 bridgehead atoms. The van der Waals surface area contributed by atoms with Gasteiger partial charge in [-0.25, -0.2) is 13.7 Å². The first-order valence-electron chi connectivity index (χ1n) is 10.4. The zero-order valence-electron chi connectivity index (χ0n) is 18.2. The average molecular weight is 442 g/mol.